The van der Waals surface area contributed by atoms with Crippen molar-refractivity contribution in [1.29, 1.82) is 0 Å². The summed E-state index contributed by atoms with van der Waals surface area (Å²) in [5, 5.41) is 3.73. The van der Waals surface area contributed by atoms with Crippen molar-refractivity contribution in [3.8, 4) is 0 Å². The summed E-state index contributed by atoms with van der Waals surface area (Å²) in [6.07, 6.45) is 10.7. The van der Waals surface area contributed by atoms with Gasteiger partial charge in [-0.15, -0.1) is 0 Å². The van der Waals surface area contributed by atoms with Crippen LogP contribution < -0.4 is 5.32 Å². The van der Waals surface area contributed by atoms with Crippen molar-refractivity contribution in [2.45, 2.75) is 71.3 Å². The fraction of sp³-hybridized carbons (Fsp3) is 0.667. The van der Waals surface area contributed by atoms with Crippen molar-refractivity contribution >= 4 is 0 Å². The Balaban J connectivity index is 2.20. The lowest BCUT2D eigenvalue weighted by molar-refractivity contribution is 0.475. The van der Waals surface area contributed by atoms with Crippen molar-refractivity contribution < 1.29 is 0 Å². The van der Waals surface area contributed by atoms with E-state index in [2.05, 4.69) is 49.5 Å². The Morgan fingerprint density at radius 3 is 2.21 bits per heavy atom. The van der Waals surface area contributed by atoms with E-state index in [4.69, 9.17) is 0 Å². The number of unbranched alkanes of at least 4 members (excludes halogenated alkanes) is 5. The van der Waals surface area contributed by atoms with Crippen LogP contribution >= 0.6 is 0 Å². The lowest BCUT2D eigenvalue weighted by Crippen LogP contribution is -2.22. The largest absolute Gasteiger partial charge is 0.310 e. The standard InChI is InChI=1S/C18H31N/c1-3-5-6-7-8-12-16-19-18(13-4-2)17-14-10-9-11-15-17/h9-11,14-15,18-19H,3-8,12-13,16H2,1-2H3. The molecule has 1 N–H and O–H groups in total. The lowest BCUT2D eigenvalue weighted by Gasteiger charge is -2.18. The molecule has 0 radical (unpaired) electrons. The SMILES string of the molecule is CCCCCCCCNC(CCC)c1ccccc1. The summed E-state index contributed by atoms with van der Waals surface area (Å²) in [5.74, 6) is 0. The number of nitrogens with one attached hydrogen (secondary N) is 1. The van der Waals surface area contributed by atoms with E-state index >= 15 is 0 Å². The Labute approximate surface area is 119 Å². The van der Waals surface area contributed by atoms with Crippen LogP contribution in [0.25, 0.3) is 0 Å². The third kappa shape index (κ3) is 7.37. The van der Waals surface area contributed by atoms with Crippen LogP contribution in [-0.4, -0.2) is 6.54 Å². The zero-order valence-electron chi connectivity index (χ0n) is 12.8. The Bertz CT molecular complexity index is 294. The summed E-state index contributed by atoms with van der Waals surface area (Å²) in [7, 11) is 0. The Hall–Kier alpha value is -0.820. The van der Waals surface area contributed by atoms with Crippen molar-refractivity contribution in [3.63, 3.8) is 0 Å². The molecule has 0 aliphatic heterocycles. The van der Waals surface area contributed by atoms with Gasteiger partial charge in [-0.1, -0.05) is 82.7 Å². The molecule has 0 aliphatic rings. The summed E-state index contributed by atoms with van der Waals surface area (Å²) in [6.45, 7) is 5.70. The van der Waals surface area contributed by atoms with Gasteiger partial charge in [-0.2, -0.15) is 0 Å². The first kappa shape index (κ1) is 16.2. The fourth-order valence-electron chi connectivity index (χ4n) is 2.54. The molecule has 0 aliphatic carbocycles. The molecule has 0 bridgehead atoms. The second-order valence-corrected chi connectivity index (χ2v) is 5.47. The molecule has 0 aromatic heterocycles. The lowest BCUT2D eigenvalue weighted by atomic mass is 10.0. The van der Waals surface area contributed by atoms with Crippen molar-refractivity contribution in [2.75, 3.05) is 6.54 Å². The maximum atomic E-state index is 3.73. The average Bonchev–Trinajstić information content (AvgIpc) is 2.46. The molecule has 0 saturated carbocycles. The van der Waals surface area contributed by atoms with E-state index in [1.807, 2.05) is 0 Å². The van der Waals surface area contributed by atoms with Crippen molar-refractivity contribution in [3.05, 3.63) is 35.9 Å². The Morgan fingerprint density at radius 2 is 1.53 bits per heavy atom. The van der Waals surface area contributed by atoms with Crippen LogP contribution in [-0.2, 0) is 0 Å². The van der Waals surface area contributed by atoms with E-state index in [-0.39, 0.29) is 0 Å². The van der Waals surface area contributed by atoms with E-state index in [0.29, 0.717) is 6.04 Å². The fourth-order valence-corrected chi connectivity index (χ4v) is 2.54. The van der Waals surface area contributed by atoms with Gasteiger partial charge in [-0.3, -0.25) is 0 Å². The summed E-state index contributed by atoms with van der Waals surface area (Å²) < 4.78 is 0. The molecule has 19 heavy (non-hydrogen) atoms. The predicted molar refractivity (Wildman–Crippen MR) is 85.5 cm³/mol. The number of rotatable bonds is 11. The smallest absolute Gasteiger partial charge is 0.0320 e. The first-order chi connectivity index (χ1) is 9.38. The first-order valence-electron chi connectivity index (χ1n) is 8.16. The van der Waals surface area contributed by atoms with Gasteiger partial charge in [0.25, 0.3) is 0 Å². The summed E-state index contributed by atoms with van der Waals surface area (Å²) >= 11 is 0. The Kier molecular flexibility index (Phi) is 9.44. The monoisotopic (exact) mass is 261 g/mol. The van der Waals surface area contributed by atoms with Gasteiger partial charge >= 0.3 is 0 Å². The summed E-state index contributed by atoms with van der Waals surface area (Å²) in [5.41, 5.74) is 1.44. The first-order valence-corrected chi connectivity index (χ1v) is 8.16. The third-order valence-electron chi connectivity index (χ3n) is 3.70. The quantitative estimate of drug-likeness (QED) is 0.520. The van der Waals surface area contributed by atoms with Crippen LogP contribution in [0.1, 0.15) is 76.8 Å². The van der Waals surface area contributed by atoms with Crippen LogP contribution in [0.3, 0.4) is 0 Å². The van der Waals surface area contributed by atoms with Gasteiger partial charge < -0.3 is 5.32 Å². The minimum atomic E-state index is 0.543. The average molecular weight is 261 g/mol. The maximum absolute atomic E-state index is 3.73. The van der Waals surface area contributed by atoms with Gasteiger partial charge in [0.05, 0.1) is 0 Å². The minimum Gasteiger partial charge on any atom is -0.310 e. The molecular formula is C18H31N. The molecule has 0 heterocycles. The number of hydrogen-bond donors (Lipinski definition) is 1. The van der Waals surface area contributed by atoms with Crippen molar-refractivity contribution in [1.82, 2.24) is 5.32 Å². The summed E-state index contributed by atoms with van der Waals surface area (Å²) in [6, 6.07) is 11.4. The molecule has 0 amide bonds. The zero-order chi connectivity index (χ0) is 13.8. The normalized spacial score (nSPS) is 12.5. The number of benzene rings is 1. The zero-order valence-corrected chi connectivity index (χ0v) is 12.8. The molecule has 1 nitrogen and oxygen atoms in total. The van der Waals surface area contributed by atoms with E-state index in [1.165, 1.54) is 56.9 Å². The molecule has 108 valence electrons. The molecule has 1 heteroatoms. The van der Waals surface area contributed by atoms with Crippen LogP contribution in [0.2, 0.25) is 0 Å². The van der Waals surface area contributed by atoms with Crippen LogP contribution in [0.15, 0.2) is 30.3 Å². The molecule has 1 unspecified atom stereocenters. The van der Waals surface area contributed by atoms with E-state index in [9.17, 15) is 0 Å². The molecular weight excluding hydrogens is 230 g/mol. The molecule has 1 atom stereocenters. The minimum absolute atomic E-state index is 0.543. The maximum Gasteiger partial charge on any atom is 0.0320 e. The molecule has 0 fully saturated rings. The van der Waals surface area contributed by atoms with E-state index in [0.717, 1.165) is 6.54 Å². The van der Waals surface area contributed by atoms with E-state index < -0.39 is 0 Å². The van der Waals surface area contributed by atoms with E-state index in [1.54, 1.807) is 0 Å². The molecule has 0 spiro atoms. The highest BCUT2D eigenvalue weighted by atomic mass is 14.9. The van der Waals surface area contributed by atoms with Gasteiger partial charge in [0.1, 0.15) is 0 Å². The Morgan fingerprint density at radius 1 is 0.842 bits per heavy atom. The molecule has 0 saturated heterocycles. The van der Waals surface area contributed by atoms with Gasteiger partial charge in [0, 0.05) is 6.04 Å². The van der Waals surface area contributed by atoms with Crippen LogP contribution in [0.4, 0.5) is 0 Å². The predicted octanol–water partition coefficient (Wildman–Crippen LogP) is 5.48. The third-order valence-corrected chi connectivity index (χ3v) is 3.70. The highest BCUT2D eigenvalue weighted by Crippen LogP contribution is 2.18. The van der Waals surface area contributed by atoms with Crippen LogP contribution in [0, 0.1) is 0 Å². The molecule has 1 rings (SSSR count). The van der Waals surface area contributed by atoms with Gasteiger partial charge in [-0.05, 0) is 24.9 Å². The second-order valence-electron chi connectivity index (χ2n) is 5.47. The summed E-state index contributed by atoms with van der Waals surface area (Å²) in [4.78, 5) is 0. The topological polar surface area (TPSA) is 12.0 Å². The van der Waals surface area contributed by atoms with Gasteiger partial charge in [0.2, 0.25) is 0 Å². The second kappa shape index (κ2) is 11.0. The highest BCUT2D eigenvalue weighted by Gasteiger charge is 2.08. The van der Waals surface area contributed by atoms with Gasteiger partial charge in [-0.25, -0.2) is 0 Å². The molecule has 1 aromatic carbocycles. The van der Waals surface area contributed by atoms with Crippen molar-refractivity contribution in [2.24, 2.45) is 0 Å². The van der Waals surface area contributed by atoms with Crippen LogP contribution in [0.5, 0.6) is 0 Å². The molecule has 1 aromatic rings. The number of hydrogen-bond acceptors (Lipinski definition) is 1. The van der Waals surface area contributed by atoms with Gasteiger partial charge in [0.15, 0.2) is 0 Å². The highest BCUT2D eigenvalue weighted by molar-refractivity contribution is 5.18.